The van der Waals surface area contributed by atoms with Crippen LogP contribution in [0.25, 0.3) is 0 Å². The monoisotopic (exact) mass is 235 g/mol. The first-order valence-electron chi connectivity index (χ1n) is 5.44. The number of hydrogen-bond acceptors (Lipinski definition) is 4. The van der Waals surface area contributed by atoms with Crippen molar-refractivity contribution in [2.45, 2.75) is 19.4 Å². The molecule has 0 aliphatic rings. The summed E-state index contributed by atoms with van der Waals surface area (Å²) < 4.78 is 3.32. The van der Waals surface area contributed by atoms with Crippen LogP contribution in [0.5, 0.6) is 0 Å². The average molecular weight is 235 g/mol. The lowest BCUT2D eigenvalue weighted by atomic mass is 10.1. The second kappa shape index (κ2) is 4.21. The van der Waals surface area contributed by atoms with Gasteiger partial charge in [-0.05, 0) is 13.0 Å². The summed E-state index contributed by atoms with van der Waals surface area (Å²) in [6.07, 6.45) is 1.43. The van der Waals surface area contributed by atoms with Gasteiger partial charge in [0.15, 0.2) is 0 Å². The molecule has 0 aliphatic carbocycles. The zero-order valence-corrected chi connectivity index (χ0v) is 10.3. The lowest BCUT2D eigenvalue weighted by Gasteiger charge is -2.10. The minimum Gasteiger partial charge on any atom is -0.388 e. The minimum absolute atomic E-state index is 0.479. The van der Waals surface area contributed by atoms with E-state index in [0.717, 1.165) is 11.4 Å². The van der Waals surface area contributed by atoms with Crippen molar-refractivity contribution < 1.29 is 5.11 Å². The summed E-state index contributed by atoms with van der Waals surface area (Å²) in [5.41, 5.74) is 8.39. The molecule has 2 rings (SSSR count). The van der Waals surface area contributed by atoms with Gasteiger partial charge in [-0.25, -0.2) is 0 Å². The molecule has 2 heterocycles. The van der Waals surface area contributed by atoms with Crippen LogP contribution in [0.3, 0.4) is 0 Å². The number of hydrogen-bond donors (Lipinski definition) is 2. The largest absolute Gasteiger partial charge is 0.388 e. The van der Waals surface area contributed by atoms with E-state index in [9.17, 15) is 5.11 Å². The van der Waals surface area contributed by atoms with Crippen molar-refractivity contribution in [1.82, 2.24) is 19.6 Å². The summed E-state index contributed by atoms with van der Waals surface area (Å²) in [7, 11) is 3.61. The normalized spacial score (nSPS) is 12.9. The molecule has 0 spiro atoms. The molecule has 6 nitrogen and oxygen atoms in total. The minimum atomic E-state index is -0.654. The van der Waals surface area contributed by atoms with Crippen molar-refractivity contribution >= 4 is 5.82 Å². The van der Waals surface area contributed by atoms with Crippen LogP contribution in [0, 0.1) is 6.92 Å². The Hall–Kier alpha value is -1.82. The van der Waals surface area contributed by atoms with Crippen LogP contribution in [-0.4, -0.2) is 24.7 Å². The molecule has 0 aliphatic heterocycles. The molecular formula is C11H17N5O. The van der Waals surface area contributed by atoms with E-state index in [4.69, 9.17) is 5.73 Å². The predicted octanol–water partition coefficient (Wildman–Crippen LogP) is 0.320. The van der Waals surface area contributed by atoms with Gasteiger partial charge < -0.3 is 10.8 Å². The maximum atomic E-state index is 10.1. The van der Waals surface area contributed by atoms with Crippen molar-refractivity contribution in [1.29, 1.82) is 0 Å². The molecule has 0 amide bonds. The van der Waals surface area contributed by atoms with Crippen LogP contribution in [0.15, 0.2) is 12.3 Å². The fraction of sp³-hybridized carbons (Fsp3) is 0.455. The second-order valence-corrected chi connectivity index (χ2v) is 4.23. The van der Waals surface area contributed by atoms with E-state index >= 15 is 0 Å². The third-order valence-electron chi connectivity index (χ3n) is 2.87. The van der Waals surface area contributed by atoms with Crippen molar-refractivity contribution in [2.75, 3.05) is 5.73 Å². The van der Waals surface area contributed by atoms with Gasteiger partial charge in [-0.1, -0.05) is 0 Å². The summed E-state index contributed by atoms with van der Waals surface area (Å²) in [4.78, 5) is 0. The molecule has 6 heteroatoms. The number of aromatic nitrogens is 4. The molecule has 1 atom stereocenters. The molecule has 3 N–H and O–H groups in total. The first-order valence-corrected chi connectivity index (χ1v) is 5.44. The maximum Gasteiger partial charge on any atom is 0.127 e. The second-order valence-electron chi connectivity index (χ2n) is 4.23. The Morgan fingerprint density at radius 2 is 2.12 bits per heavy atom. The third kappa shape index (κ3) is 2.16. The molecule has 0 radical (unpaired) electrons. The molecule has 0 fully saturated rings. The SMILES string of the molecule is Cc1cc(CC(O)c2cnn(C)c2N)n(C)n1. The fourth-order valence-electron chi connectivity index (χ4n) is 1.88. The Labute approximate surface area is 99.7 Å². The molecule has 2 aromatic heterocycles. The van der Waals surface area contributed by atoms with Crippen LogP contribution >= 0.6 is 0 Å². The zero-order chi connectivity index (χ0) is 12.6. The van der Waals surface area contributed by atoms with Gasteiger partial charge in [-0.3, -0.25) is 9.36 Å². The highest BCUT2D eigenvalue weighted by Gasteiger charge is 2.17. The Morgan fingerprint density at radius 1 is 1.41 bits per heavy atom. The Bertz CT molecular complexity index is 528. The van der Waals surface area contributed by atoms with Crippen LogP contribution in [0.2, 0.25) is 0 Å². The summed E-state index contributed by atoms with van der Waals surface area (Å²) in [5.74, 6) is 0.497. The van der Waals surface area contributed by atoms with Gasteiger partial charge >= 0.3 is 0 Å². The number of nitrogens with two attached hydrogens (primary N) is 1. The van der Waals surface area contributed by atoms with Crippen LogP contribution in [-0.2, 0) is 20.5 Å². The van der Waals surface area contributed by atoms with Gasteiger partial charge in [-0.2, -0.15) is 10.2 Å². The molecule has 2 aromatic rings. The van der Waals surface area contributed by atoms with E-state index in [1.165, 1.54) is 0 Å². The van der Waals surface area contributed by atoms with E-state index < -0.39 is 6.10 Å². The molecule has 0 aromatic carbocycles. The van der Waals surface area contributed by atoms with E-state index in [1.807, 2.05) is 20.0 Å². The highest BCUT2D eigenvalue weighted by molar-refractivity contribution is 5.40. The highest BCUT2D eigenvalue weighted by atomic mass is 16.3. The number of rotatable bonds is 3. The van der Waals surface area contributed by atoms with Crippen molar-refractivity contribution in [2.24, 2.45) is 14.1 Å². The number of nitrogen functional groups attached to an aromatic ring is 1. The summed E-state index contributed by atoms with van der Waals surface area (Å²) in [6, 6.07) is 1.95. The molecule has 0 bridgehead atoms. The molecule has 0 saturated carbocycles. The van der Waals surface area contributed by atoms with Gasteiger partial charge in [0.1, 0.15) is 5.82 Å². The molecule has 1 unspecified atom stereocenters. The summed E-state index contributed by atoms with van der Waals surface area (Å²) in [5, 5.41) is 18.4. The predicted molar refractivity (Wildman–Crippen MR) is 64.2 cm³/mol. The molecule has 92 valence electrons. The van der Waals surface area contributed by atoms with Crippen LogP contribution in [0.1, 0.15) is 23.1 Å². The van der Waals surface area contributed by atoms with E-state index in [1.54, 1.807) is 22.6 Å². The van der Waals surface area contributed by atoms with E-state index in [0.29, 0.717) is 17.8 Å². The first-order chi connectivity index (χ1) is 7.99. The van der Waals surface area contributed by atoms with Crippen molar-refractivity contribution in [3.8, 4) is 0 Å². The Balaban J connectivity index is 2.19. The lowest BCUT2D eigenvalue weighted by Crippen LogP contribution is -2.08. The first kappa shape index (κ1) is 11.7. The molecule has 17 heavy (non-hydrogen) atoms. The quantitative estimate of drug-likeness (QED) is 0.802. The van der Waals surface area contributed by atoms with E-state index in [-0.39, 0.29) is 0 Å². The topological polar surface area (TPSA) is 81.9 Å². The zero-order valence-electron chi connectivity index (χ0n) is 10.3. The Morgan fingerprint density at radius 3 is 2.59 bits per heavy atom. The summed E-state index contributed by atoms with van der Waals surface area (Å²) >= 11 is 0. The van der Waals surface area contributed by atoms with Crippen LogP contribution < -0.4 is 5.73 Å². The van der Waals surface area contributed by atoms with Crippen LogP contribution in [0.4, 0.5) is 5.82 Å². The highest BCUT2D eigenvalue weighted by Crippen LogP contribution is 2.23. The van der Waals surface area contributed by atoms with Crippen molar-refractivity contribution in [3.05, 3.63) is 29.2 Å². The van der Waals surface area contributed by atoms with Gasteiger partial charge in [0.25, 0.3) is 0 Å². The average Bonchev–Trinajstić information content (AvgIpc) is 2.73. The number of anilines is 1. The fourth-order valence-corrected chi connectivity index (χ4v) is 1.88. The van der Waals surface area contributed by atoms with E-state index in [2.05, 4.69) is 10.2 Å². The number of nitrogens with zero attached hydrogens (tertiary/aromatic N) is 4. The smallest absolute Gasteiger partial charge is 0.127 e. The summed E-state index contributed by atoms with van der Waals surface area (Å²) in [6.45, 7) is 1.92. The molecule has 0 saturated heterocycles. The van der Waals surface area contributed by atoms with Gasteiger partial charge in [0, 0.05) is 31.8 Å². The van der Waals surface area contributed by atoms with Gasteiger partial charge in [0.05, 0.1) is 18.0 Å². The number of aliphatic hydroxyl groups is 1. The number of aliphatic hydroxyl groups excluding tert-OH is 1. The van der Waals surface area contributed by atoms with Gasteiger partial charge in [-0.15, -0.1) is 0 Å². The van der Waals surface area contributed by atoms with Gasteiger partial charge in [0.2, 0.25) is 0 Å². The molecular weight excluding hydrogens is 218 g/mol. The maximum absolute atomic E-state index is 10.1. The Kier molecular flexibility index (Phi) is 2.89. The lowest BCUT2D eigenvalue weighted by molar-refractivity contribution is 0.176. The standard InChI is InChI=1S/C11H17N5O/c1-7-4-8(15(2)14-7)5-10(17)9-6-13-16(3)11(9)12/h4,6,10,17H,5,12H2,1-3H3. The number of aryl methyl sites for hydroxylation is 3. The van der Waals surface area contributed by atoms with Crippen molar-refractivity contribution in [3.63, 3.8) is 0 Å². The third-order valence-corrected chi connectivity index (χ3v) is 2.87.